The smallest absolute Gasteiger partial charge is 0.170 e. The number of aryl methyl sites for hydroxylation is 1. The maximum Gasteiger partial charge on any atom is 0.170 e. The molecule has 1 saturated heterocycles. The van der Waals surface area contributed by atoms with Crippen LogP contribution in [0, 0.1) is 12.7 Å². The van der Waals surface area contributed by atoms with E-state index in [2.05, 4.69) is 27.7 Å². The number of thiocarbonyl (C=S) groups is 1. The highest BCUT2D eigenvalue weighted by Gasteiger charge is 2.23. The van der Waals surface area contributed by atoms with Gasteiger partial charge in [-0.15, -0.1) is 0 Å². The van der Waals surface area contributed by atoms with Gasteiger partial charge in [0.1, 0.15) is 11.6 Å². The number of hydrogen-bond acceptors (Lipinski definition) is 3. The minimum absolute atomic E-state index is 0.230. The summed E-state index contributed by atoms with van der Waals surface area (Å²) in [7, 11) is 1.67. The Morgan fingerprint density at radius 2 is 1.89 bits per heavy atom. The summed E-state index contributed by atoms with van der Waals surface area (Å²) in [5.41, 5.74) is 2.50. The molecule has 27 heavy (non-hydrogen) atoms. The van der Waals surface area contributed by atoms with E-state index in [1.165, 1.54) is 24.5 Å². The van der Waals surface area contributed by atoms with Crippen LogP contribution in [0.1, 0.15) is 30.0 Å². The van der Waals surface area contributed by atoms with E-state index in [4.69, 9.17) is 17.0 Å². The zero-order valence-corrected chi connectivity index (χ0v) is 16.6. The van der Waals surface area contributed by atoms with E-state index in [0.717, 1.165) is 18.8 Å². The maximum absolute atomic E-state index is 13.7. The average Bonchev–Trinajstić information content (AvgIpc) is 3.20. The van der Waals surface area contributed by atoms with Gasteiger partial charge in [-0.3, -0.25) is 4.90 Å². The molecule has 0 spiro atoms. The number of rotatable bonds is 6. The lowest BCUT2D eigenvalue weighted by molar-refractivity contribution is 0.246. The molecule has 4 nitrogen and oxygen atoms in total. The van der Waals surface area contributed by atoms with Crippen LogP contribution in [0.4, 0.5) is 10.1 Å². The first-order valence-corrected chi connectivity index (χ1v) is 9.66. The lowest BCUT2D eigenvalue weighted by Gasteiger charge is -2.29. The van der Waals surface area contributed by atoms with Crippen LogP contribution < -0.4 is 15.4 Å². The van der Waals surface area contributed by atoms with Gasteiger partial charge < -0.3 is 15.4 Å². The first-order chi connectivity index (χ1) is 13.1. The standard InChI is InChI=1S/C21H26FN3OS/c1-15-5-8-17(13-19(15)22)24-21(27)23-14-20(25-11-3-4-12-25)16-6-9-18(26-2)10-7-16/h5-10,13,20H,3-4,11-12,14H2,1-2H3,(H2,23,24,27)/t20-/m0/s1. The second-order valence-electron chi connectivity index (χ2n) is 6.83. The van der Waals surface area contributed by atoms with Gasteiger partial charge in [0.25, 0.3) is 0 Å². The number of nitrogens with one attached hydrogen (secondary N) is 2. The Kier molecular flexibility index (Phi) is 6.63. The summed E-state index contributed by atoms with van der Waals surface area (Å²) in [6.45, 7) is 4.60. The van der Waals surface area contributed by atoms with Gasteiger partial charge >= 0.3 is 0 Å². The average molecular weight is 388 g/mol. The van der Waals surface area contributed by atoms with Crippen LogP contribution in [-0.2, 0) is 0 Å². The summed E-state index contributed by atoms with van der Waals surface area (Å²) in [6.07, 6.45) is 2.44. The van der Waals surface area contributed by atoms with Crippen molar-refractivity contribution in [3.8, 4) is 5.75 Å². The van der Waals surface area contributed by atoms with Crippen LogP contribution in [-0.4, -0.2) is 36.8 Å². The van der Waals surface area contributed by atoms with E-state index in [-0.39, 0.29) is 11.9 Å². The molecule has 144 valence electrons. The predicted octanol–water partition coefficient (Wildman–Crippen LogP) is 4.27. The van der Waals surface area contributed by atoms with Crippen molar-refractivity contribution in [3.05, 3.63) is 59.4 Å². The van der Waals surface area contributed by atoms with E-state index >= 15 is 0 Å². The summed E-state index contributed by atoms with van der Waals surface area (Å²) >= 11 is 5.41. The zero-order valence-electron chi connectivity index (χ0n) is 15.8. The van der Waals surface area contributed by atoms with Crippen molar-refractivity contribution in [2.24, 2.45) is 0 Å². The minimum Gasteiger partial charge on any atom is -0.497 e. The van der Waals surface area contributed by atoms with E-state index in [9.17, 15) is 4.39 Å². The minimum atomic E-state index is -0.240. The second-order valence-corrected chi connectivity index (χ2v) is 7.24. The molecule has 2 N–H and O–H groups in total. The van der Waals surface area contributed by atoms with Gasteiger partial charge in [0.05, 0.1) is 13.2 Å². The molecule has 0 saturated carbocycles. The molecule has 2 aromatic rings. The van der Waals surface area contributed by atoms with Crippen molar-refractivity contribution in [3.63, 3.8) is 0 Å². The quantitative estimate of drug-likeness (QED) is 0.724. The number of likely N-dealkylation sites (tertiary alicyclic amines) is 1. The number of methoxy groups -OCH3 is 1. The Labute approximate surface area is 165 Å². The third-order valence-corrected chi connectivity index (χ3v) is 5.21. The normalized spacial score (nSPS) is 15.4. The van der Waals surface area contributed by atoms with E-state index in [0.29, 0.717) is 22.9 Å². The fourth-order valence-electron chi connectivity index (χ4n) is 3.37. The molecule has 0 unspecified atom stereocenters. The third kappa shape index (κ3) is 5.17. The molecule has 6 heteroatoms. The van der Waals surface area contributed by atoms with Gasteiger partial charge in [-0.2, -0.15) is 0 Å². The molecule has 3 rings (SSSR count). The highest BCUT2D eigenvalue weighted by Crippen LogP contribution is 2.26. The largest absolute Gasteiger partial charge is 0.497 e. The van der Waals surface area contributed by atoms with Gasteiger partial charge in [0.15, 0.2) is 5.11 Å². The van der Waals surface area contributed by atoms with Crippen LogP contribution in [0.15, 0.2) is 42.5 Å². The number of ether oxygens (including phenoxy) is 1. The number of benzene rings is 2. The lowest BCUT2D eigenvalue weighted by Crippen LogP contribution is -2.38. The summed E-state index contributed by atoms with van der Waals surface area (Å²) < 4.78 is 19.0. The van der Waals surface area contributed by atoms with Crippen molar-refractivity contribution in [1.82, 2.24) is 10.2 Å². The molecule has 1 fully saturated rings. The Morgan fingerprint density at radius 3 is 2.52 bits per heavy atom. The van der Waals surface area contributed by atoms with Crippen LogP contribution in [0.3, 0.4) is 0 Å². The molecule has 1 aliphatic heterocycles. The Morgan fingerprint density at radius 1 is 1.19 bits per heavy atom. The first kappa shape index (κ1) is 19.6. The number of anilines is 1. The van der Waals surface area contributed by atoms with Crippen molar-refractivity contribution in [1.29, 1.82) is 0 Å². The molecule has 0 radical (unpaired) electrons. The molecule has 0 amide bonds. The maximum atomic E-state index is 13.7. The first-order valence-electron chi connectivity index (χ1n) is 9.26. The predicted molar refractivity (Wildman–Crippen MR) is 112 cm³/mol. The van der Waals surface area contributed by atoms with E-state index < -0.39 is 0 Å². The SMILES string of the molecule is COc1ccc([C@H](CNC(=S)Nc2ccc(C)c(F)c2)N2CCCC2)cc1. The van der Waals surface area contributed by atoms with Crippen molar-refractivity contribution in [2.45, 2.75) is 25.8 Å². The van der Waals surface area contributed by atoms with Crippen LogP contribution in [0.2, 0.25) is 0 Å². The lowest BCUT2D eigenvalue weighted by atomic mass is 10.1. The van der Waals surface area contributed by atoms with E-state index in [1.54, 1.807) is 20.1 Å². The topological polar surface area (TPSA) is 36.5 Å². The molecule has 0 aromatic heterocycles. The van der Waals surface area contributed by atoms with Gasteiger partial charge in [-0.05, 0) is 80.5 Å². The summed E-state index contributed by atoms with van der Waals surface area (Å²) in [5, 5.41) is 6.86. The summed E-state index contributed by atoms with van der Waals surface area (Å²) in [4.78, 5) is 2.48. The Bertz CT molecular complexity index is 775. The van der Waals surface area contributed by atoms with Crippen molar-refractivity contribution < 1.29 is 9.13 Å². The van der Waals surface area contributed by atoms with Crippen molar-refractivity contribution >= 4 is 23.0 Å². The fourth-order valence-corrected chi connectivity index (χ4v) is 3.57. The summed E-state index contributed by atoms with van der Waals surface area (Å²) in [5.74, 6) is 0.612. The van der Waals surface area contributed by atoms with Crippen LogP contribution in [0.25, 0.3) is 0 Å². The summed E-state index contributed by atoms with van der Waals surface area (Å²) in [6, 6.07) is 13.5. The number of halogens is 1. The second kappa shape index (κ2) is 9.15. The van der Waals surface area contributed by atoms with Crippen LogP contribution in [0.5, 0.6) is 5.75 Å². The zero-order chi connectivity index (χ0) is 19.2. The molecular formula is C21H26FN3OS. The van der Waals surface area contributed by atoms with Crippen molar-refractivity contribution in [2.75, 3.05) is 32.1 Å². The molecule has 2 aromatic carbocycles. The molecule has 1 heterocycles. The highest BCUT2D eigenvalue weighted by molar-refractivity contribution is 7.80. The Hall–Kier alpha value is -2.18. The monoisotopic (exact) mass is 387 g/mol. The highest BCUT2D eigenvalue weighted by atomic mass is 32.1. The van der Waals surface area contributed by atoms with Gasteiger partial charge in [0.2, 0.25) is 0 Å². The molecule has 0 bridgehead atoms. The molecule has 1 atom stereocenters. The van der Waals surface area contributed by atoms with E-state index in [1.807, 2.05) is 18.2 Å². The van der Waals surface area contributed by atoms with Gasteiger partial charge in [0, 0.05) is 12.2 Å². The van der Waals surface area contributed by atoms with Gasteiger partial charge in [-0.25, -0.2) is 4.39 Å². The molecular weight excluding hydrogens is 361 g/mol. The Balaban J connectivity index is 1.64. The molecule has 0 aliphatic carbocycles. The molecule has 1 aliphatic rings. The van der Waals surface area contributed by atoms with Crippen LogP contribution >= 0.6 is 12.2 Å². The third-order valence-electron chi connectivity index (χ3n) is 4.97. The van der Waals surface area contributed by atoms with Gasteiger partial charge in [-0.1, -0.05) is 18.2 Å². The fraction of sp³-hybridized carbons (Fsp3) is 0.381. The number of nitrogens with zero attached hydrogens (tertiary/aromatic N) is 1. The number of hydrogen-bond donors (Lipinski definition) is 2.